The van der Waals surface area contributed by atoms with Gasteiger partial charge in [-0.2, -0.15) is 0 Å². The minimum absolute atomic E-state index is 0.00934. The Morgan fingerprint density at radius 1 is 1.16 bits per heavy atom. The van der Waals surface area contributed by atoms with Gasteiger partial charge >= 0.3 is 0 Å². The van der Waals surface area contributed by atoms with Crippen molar-refractivity contribution in [3.63, 3.8) is 0 Å². The number of nitrogens with zero attached hydrogens (tertiary/aromatic N) is 2. The van der Waals surface area contributed by atoms with Crippen molar-refractivity contribution in [2.45, 2.75) is 13.5 Å². The molecule has 136 valence electrons. The summed E-state index contributed by atoms with van der Waals surface area (Å²) >= 11 is 0. The Bertz CT molecular complexity index is 649. The lowest BCUT2D eigenvalue weighted by Gasteiger charge is -2.24. The van der Waals surface area contributed by atoms with Gasteiger partial charge in [0.2, 0.25) is 11.8 Å². The van der Waals surface area contributed by atoms with Gasteiger partial charge in [0, 0.05) is 46.7 Å². The van der Waals surface area contributed by atoms with Gasteiger partial charge in [0.05, 0.1) is 5.92 Å². The quantitative estimate of drug-likeness (QED) is 0.861. The smallest absolute Gasteiger partial charge is 0.225 e. The van der Waals surface area contributed by atoms with Crippen LogP contribution in [0.2, 0.25) is 0 Å². The Balaban J connectivity index is 1.72. The van der Waals surface area contributed by atoms with E-state index in [1.807, 2.05) is 18.2 Å². The van der Waals surface area contributed by atoms with E-state index in [4.69, 9.17) is 9.47 Å². The summed E-state index contributed by atoms with van der Waals surface area (Å²) in [4.78, 5) is 27.9. The van der Waals surface area contributed by atoms with Crippen molar-refractivity contribution in [2.75, 3.05) is 46.4 Å². The molecule has 0 aliphatic carbocycles. The van der Waals surface area contributed by atoms with Crippen LogP contribution in [0.25, 0.3) is 0 Å². The van der Waals surface area contributed by atoms with Gasteiger partial charge in [-0.1, -0.05) is 6.07 Å². The van der Waals surface area contributed by atoms with Crippen LogP contribution in [0, 0.1) is 5.92 Å². The average molecular weight is 347 g/mol. The van der Waals surface area contributed by atoms with Crippen LogP contribution in [0.4, 0.5) is 0 Å². The van der Waals surface area contributed by atoms with Crippen LogP contribution >= 0.6 is 0 Å². The van der Waals surface area contributed by atoms with E-state index in [2.05, 4.69) is 10.2 Å². The molecule has 2 amide bonds. The first-order valence-corrected chi connectivity index (χ1v) is 8.65. The fourth-order valence-corrected chi connectivity index (χ4v) is 3.32. The van der Waals surface area contributed by atoms with E-state index >= 15 is 0 Å². The summed E-state index contributed by atoms with van der Waals surface area (Å²) < 4.78 is 11.2. The Labute approximate surface area is 147 Å². The summed E-state index contributed by atoms with van der Waals surface area (Å²) in [5.74, 6) is 1.30. The van der Waals surface area contributed by atoms with Crippen LogP contribution in [0.1, 0.15) is 12.5 Å². The number of rotatable bonds is 3. The molecule has 1 aromatic rings. The molecular formula is C18H25N3O4. The molecule has 7 heteroatoms. The molecule has 1 aromatic carbocycles. The predicted octanol–water partition coefficient (Wildman–Crippen LogP) is 0.484. The molecule has 1 atom stereocenters. The molecule has 1 N–H and O–H groups in total. The van der Waals surface area contributed by atoms with Gasteiger partial charge in [-0.3, -0.25) is 14.5 Å². The molecular weight excluding hydrogens is 322 g/mol. The second kappa shape index (κ2) is 7.74. The number of amides is 2. The van der Waals surface area contributed by atoms with Gasteiger partial charge in [0.25, 0.3) is 0 Å². The fraction of sp³-hybridized carbons (Fsp3) is 0.556. The highest BCUT2D eigenvalue weighted by atomic mass is 16.6. The van der Waals surface area contributed by atoms with E-state index in [1.165, 1.54) is 0 Å². The minimum atomic E-state index is -0.228. The number of carbonyl (C=O) groups excluding carboxylic acids is 2. The number of hydrogen-bond donors (Lipinski definition) is 1. The average Bonchev–Trinajstić information content (AvgIpc) is 2.84. The molecule has 0 bridgehead atoms. The third kappa shape index (κ3) is 4.22. The molecule has 0 unspecified atom stereocenters. The summed E-state index contributed by atoms with van der Waals surface area (Å²) in [7, 11) is 1.64. The Kier molecular flexibility index (Phi) is 5.43. The maximum atomic E-state index is 12.2. The molecule has 7 nitrogen and oxygen atoms in total. The maximum Gasteiger partial charge on any atom is 0.225 e. The van der Waals surface area contributed by atoms with Crippen molar-refractivity contribution < 1.29 is 19.1 Å². The Hall–Kier alpha value is -2.28. The van der Waals surface area contributed by atoms with Gasteiger partial charge in [-0.15, -0.1) is 0 Å². The highest BCUT2D eigenvalue weighted by molar-refractivity contribution is 5.80. The molecule has 0 spiro atoms. The second-order valence-corrected chi connectivity index (χ2v) is 6.49. The van der Waals surface area contributed by atoms with Crippen LogP contribution < -0.4 is 14.8 Å². The van der Waals surface area contributed by atoms with E-state index < -0.39 is 0 Å². The molecule has 2 heterocycles. The zero-order valence-corrected chi connectivity index (χ0v) is 14.8. The van der Waals surface area contributed by atoms with E-state index in [-0.39, 0.29) is 17.7 Å². The van der Waals surface area contributed by atoms with Gasteiger partial charge in [-0.25, -0.2) is 0 Å². The highest BCUT2D eigenvalue weighted by Gasteiger charge is 2.28. The lowest BCUT2D eigenvalue weighted by molar-refractivity contribution is -0.130. The van der Waals surface area contributed by atoms with E-state index in [0.717, 1.165) is 23.6 Å². The van der Waals surface area contributed by atoms with Crippen molar-refractivity contribution in [2.24, 2.45) is 5.92 Å². The Morgan fingerprint density at radius 2 is 1.92 bits per heavy atom. The van der Waals surface area contributed by atoms with E-state index in [0.29, 0.717) is 39.4 Å². The van der Waals surface area contributed by atoms with Gasteiger partial charge in [0.15, 0.2) is 11.5 Å². The summed E-state index contributed by atoms with van der Waals surface area (Å²) in [6, 6.07) is 5.95. The maximum absolute atomic E-state index is 12.2. The van der Waals surface area contributed by atoms with Crippen molar-refractivity contribution in [3.8, 4) is 11.5 Å². The van der Waals surface area contributed by atoms with Gasteiger partial charge < -0.3 is 19.7 Å². The summed E-state index contributed by atoms with van der Waals surface area (Å²) in [6.07, 6.45) is 0. The number of benzene rings is 1. The van der Waals surface area contributed by atoms with Gasteiger partial charge in [-0.05, 0) is 17.7 Å². The van der Waals surface area contributed by atoms with Crippen molar-refractivity contribution in [3.05, 3.63) is 23.8 Å². The topological polar surface area (TPSA) is 71.1 Å². The third-order valence-corrected chi connectivity index (χ3v) is 4.68. The number of carbonyl (C=O) groups is 2. The molecule has 0 aromatic heterocycles. The number of nitrogens with one attached hydrogen (secondary N) is 1. The largest absolute Gasteiger partial charge is 0.486 e. The molecule has 2 aliphatic rings. The first-order chi connectivity index (χ1) is 12.1. The standard InChI is InChI=1S/C18H25N3O4/c1-13(22)21-6-5-20(11-15(12-21)18(23)19-2)10-14-3-4-16-17(9-14)25-8-7-24-16/h3-4,9,15H,5-8,10-12H2,1-2H3,(H,19,23)/t15-/m0/s1. The SMILES string of the molecule is CNC(=O)[C@H]1CN(Cc2ccc3c(c2)OCCO3)CCN(C(C)=O)C1. The lowest BCUT2D eigenvalue weighted by Crippen LogP contribution is -2.40. The molecule has 0 saturated carbocycles. The molecule has 3 rings (SSSR count). The normalized spacial score (nSPS) is 20.7. The highest BCUT2D eigenvalue weighted by Crippen LogP contribution is 2.31. The van der Waals surface area contributed by atoms with Crippen LogP contribution in [0.15, 0.2) is 18.2 Å². The zero-order valence-electron chi connectivity index (χ0n) is 14.8. The molecule has 1 saturated heterocycles. The summed E-state index contributed by atoms with van der Waals surface area (Å²) in [5.41, 5.74) is 1.11. The number of ether oxygens (including phenoxy) is 2. The molecule has 1 fully saturated rings. The molecule has 25 heavy (non-hydrogen) atoms. The van der Waals surface area contributed by atoms with Crippen LogP contribution in [-0.4, -0.2) is 68.1 Å². The van der Waals surface area contributed by atoms with Gasteiger partial charge in [0.1, 0.15) is 13.2 Å². The third-order valence-electron chi connectivity index (χ3n) is 4.68. The lowest BCUT2D eigenvalue weighted by atomic mass is 10.1. The zero-order chi connectivity index (χ0) is 17.8. The number of fused-ring (bicyclic) bond motifs is 1. The fourth-order valence-electron chi connectivity index (χ4n) is 3.32. The monoisotopic (exact) mass is 347 g/mol. The predicted molar refractivity (Wildman–Crippen MR) is 92.5 cm³/mol. The summed E-state index contributed by atoms with van der Waals surface area (Å²) in [6.45, 7) is 5.85. The minimum Gasteiger partial charge on any atom is -0.486 e. The van der Waals surface area contributed by atoms with Crippen LogP contribution in [0.5, 0.6) is 11.5 Å². The molecule has 2 aliphatic heterocycles. The van der Waals surface area contributed by atoms with Crippen LogP contribution in [0.3, 0.4) is 0 Å². The first-order valence-electron chi connectivity index (χ1n) is 8.65. The number of hydrogen-bond acceptors (Lipinski definition) is 5. The van der Waals surface area contributed by atoms with Crippen molar-refractivity contribution in [1.82, 2.24) is 15.1 Å². The van der Waals surface area contributed by atoms with E-state index in [1.54, 1.807) is 18.9 Å². The van der Waals surface area contributed by atoms with Crippen molar-refractivity contribution >= 4 is 11.8 Å². The molecule has 0 radical (unpaired) electrons. The van der Waals surface area contributed by atoms with E-state index in [9.17, 15) is 9.59 Å². The van der Waals surface area contributed by atoms with Crippen molar-refractivity contribution in [1.29, 1.82) is 0 Å². The van der Waals surface area contributed by atoms with Crippen LogP contribution in [-0.2, 0) is 16.1 Å². The second-order valence-electron chi connectivity index (χ2n) is 6.49. The summed E-state index contributed by atoms with van der Waals surface area (Å²) in [5, 5.41) is 2.71. The first kappa shape index (κ1) is 17.5. The Morgan fingerprint density at radius 3 is 2.64 bits per heavy atom.